The zero-order chi connectivity index (χ0) is 15.1. The number of carbonyl (C=O) groups is 1. The summed E-state index contributed by atoms with van der Waals surface area (Å²) < 4.78 is 0. The lowest BCUT2D eigenvalue weighted by Gasteiger charge is -2.18. The molecule has 5 heteroatoms. The third kappa shape index (κ3) is 2.41. The molecule has 1 amide bonds. The predicted octanol–water partition coefficient (Wildman–Crippen LogP) is 1.90. The number of benzene rings is 1. The van der Waals surface area contributed by atoms with Gasteiger partial charge in [0.2, 0.25) is 5.91 Å². The van der Waals surface area contributed by atoms with E-state index in [0.29, 0.717) is 18.3 Å². The number of fused-ring (bicyclic) bond motifs is 1. The predicted molar refractivity (Wildman–Crippen MR) is 84.4 cm³/mol. The summed E-state index contributed by atoms with van der Waals surface area (Å²) in [5, 5.41) is 14.0. The van der Waals surface area contributed by atoms with Gasteiger partial charge in [-0.2, -0.15) is 0 Å². The Morgan fingerprint density at radius 3 is 2.91 bits per heavy atom. The molecule has 0 radical (unpaired) electrons. The van der Waals surface area contributed by atoms with Crippen molar-refractivity contribution in [1.82, 2.24) is 9.88 Å². The molecule has 22 heavy (non-hydrogen) atoms. The van der Waals surface area contributed by atoms with Gasteiger partial charge in [-0.25, -0.2) is 4.98 Å². The summed E-state index contributed by atoms with van der Waals surface area (Å²) in [5.41, 5.74) is 1.67. The van der Waals surface area contributed by atoms with Crippen molar-refractivity contribution >= 4 is 22.6 Å². The summed E-state index contributed by atoms with van der Waals surface area (Å²) >= 11 is 0. The summed E-state index contributed by atoms with van der Waals surface area (Å²) in [6.45, 7) is 0.677. The average Bonchev–Trinajstić information content (AvgIpc) is 3.30. The lowest BCUT2D eigenvalue weighted by Crippen LogP contribution is -2.30. The first kappa shape index (κ1) is 13.5. The van der Waals surface area contributed by atoms with Crippen LogP contribution in [0.4, 0.5) is 5.82 Å². The third-order valence-electron chi connectivity index (χ3n) is 4.46. The number of anilines is 1. The molecular formula is C17H19N3O2. The highest BCUT2D eigenvalue weighted by atomic mass is 16.3. The molecule has 4 rings (SSSR count). The quantitative estimate of drug-likeness (QED) is 0.904. The van der Waals surface area contributed by atoms with Crippen molar-refractivity contribution in [3.8, 4) is 0 Å². The normalized spacial score (nSPS) is 21.6. The molecule has 1 atom stereocenters. The lowest BCUT2D eigenvalue weighted by atomic mass is 10.1. The number of pyridine rings is 1. The van der Waals surface area contributed by atoms with E-state index in [1.54, 1.807) is 0 Å². The van der Waals surface area contributed by atoms with Crippen LogP contribution in [0.3, 0.4) is 0 Å². The van der Waals surface area contributed by atoms with E-state index in [4.69, 9.17) is 0 Å². The van der Waals surface area contributed by atoms with Gasteiger partial charge in [0.15, 0.2) is 0 Å². The Bertz CT molecular complexity index is 727. The standard InChI is InChI=1S/C17H19N3O2/c21-10-12-7-11-3-1-2-4-15(11)19-17(12)18-13-8-16(22)20(9-13)14-5-6-14/h1-4,7,13-14,21H,5-6,8-10H2,(H,18,19)/t13-/m1/s1. The number of nitrogens with zero attached hydrogens (tertiary/aromatic N) is 2. The van der Waals surface area contributed by atoms with Crippen molar-refractivity contribution in [3.05, 3.63) is 35.9 Å². The highest BCUT2D eigenvalue weighted by Gasteiger charge is 2.39. The van der Waals surface area contributed by atoms with Crippen LogP contribution < -0.4 is 5.32 Å². The highest BCUT2D eigenvalue weighted by molar-refractivity contribution is 5.83. The number of carbonyl (C=O) groups excluding carboxylic acids is 1. The number of aliphatic hydroxyl groups excluding tert-OH is 1. The first-order valence-corrected chi connectivity index (χ1v) is 7.80. The van der Waals surface area contributed by atoms with Crippen molar-refractivity contribution in [2.45, 2.75) is 38.0 Å². The largest absolute Gasteiger partial charge is 0.392 e. The van der Waals surface area contributed by atoms with E-state index in [2.05, 4.69) is 10.3 Å². The number of nitrogens with one attached hydrogen (secondary N) is 1. The molecule has 2 heterocycles. The number of para-hydroxylation sites is 1. The molecule has 2 aliphatic rings. The Hall–Kier alpha value is -2.14. The van der Waals surface area contributed by atoms with Crippen LogP contribution in [-0.4, -0.2) is 39.5 Å². The summed E-state index contributed by atoms with van der Waals surface area (Å²) in [4.78, 5) is 18.6. The summed E-state index contributed by atoms with van der Waals surface area (Å²) in [5.74, 6) is 0.919. The van der Waals surface area contributed by atoms with Gasteiger partial charge in [-0.1, -0.05) is 18.2 Å². The van der Waals surface area contributed by atoms with Crippen LogP contribution in [0.2, 0.25) is 0 Å². The number of amides is 1. The van der Waals surface area contributed by atoms with Crippen LogP contribution >= 0.6 is 0 Å². The van der Waals surface area contributed by atoms with Crippen molar-refractivity contribution < 1.29 is 9.90 Å². The number of aliphatic hydroxyl groups is 1. The molecule has 1 saturated heterocycles. The average molecular weight is 297 g/mol. The van der Waals surface area contributed by atoms with Crippen LogP contribution in [0, 0.1) is 0 Å². The van der Waals surface area contributed by atoms with Crippen LogP contribution in [0.15, 0.2) is 30.3 Å². The van der Waals surface area contributed by atoms with Gasteiger partial charge >= 0.3 is 0 Å². The highest BCUT2D eigenvalue weighted by Crippen LogP contribution is 2.32. The maximum Gasteiger partial charge on any atom is 0.225 e. The second-order valence-corrected chi connectivity index (χ2v) is 6.17. The van der Waals surface area contributed by atoms with E-state index in [1.807, 2.05) is 35.2 Å². The fraction of sp³-hybridized carbons (Fsp3) is 0.412. The number of hydrogen-bond donors (Lipinski definition) is 2. The maximum atomic E-state index is 12.0. The van der Waals surface area contributed by atoms with Crippen LogP contribution in [0.25, 0.3) is 10.9 Å². The second-order valence-electron chi connectivity index (χ2n) is 6.17. The van der Waals surface area contributed by atoms with Gasteiger partial charge in [-0.15, -0.1) is 0 Å². The second kappa shape index (κ2) is 5.25. The molecule has 114 valence electrons. The Morgan fingerprint density at radius 2 is 2.14 bits per heavy atom. The van der Waals surface area contributed by atoms with E-state index in [1.165, 1.54) is 0 Å². The molecule has 0 unspecified atom stereocenters. The molecule has 2 fully saturated rings. The van der Waals surface area contributed by atoms with E-state index in [-0.39, 0.29) is 18.6 Å². The zero-order valence-electron chi connectivity index (χ0n) is 12.3. The Morgan fingerprint density at radius 1 is 1.32 bits per heavy atom. The Balaban J connectivity index is 1.59. The Labute approximate surface area is 129 Å². The van der Waals surface area contributed by atoms with Crippen molar-refractivity contribution in [2.75, 3.05) is 11.9 Å². The van der Waals surface area contributed by atoms with Crippen molar-refractivity contribution in [2.24, 2.45) is 0 Å². The van der Waals surface area contributed by atoms with Crippen LogP contribution in [-0.2, 0) is 11.4 Å². The molecule has 1 aliphatic carbocycles. The van der Waals surface area contributed by atoms with Gasteiger partial charge in [0.05, 0.1) is 18.2 Å². The molecule has 0 spiro atoms. The minimum atomic E-state index is -0.0623. The first-order valence-electron chi connectivity index (χ1n) is 7.80. The summed E-state index contributed by atoms with van der Waals surface area (Å²) in [6.07, 6.45) is 2.78. The van der Waals surface area contributed by atoms with Gasteiger partial charge < -0.3 is 15.3 Å². The maximum absolute atomic E-state index is 12.0. The number of likely N-dealkylation sites (tertiary alicyclic amines) is 1. The molecule has 1 aliphatic heterocycles. The smallest absolute Gasteiger partial charge is 0.225 e. The molecule has 1 saturated carbocycles. The van der Waals surface area contributed by atoms with Gasteiger partial charge in [0.25, 0.3) is 0 Å². The van der Waals surface area contributed by atoms with Crippen molar-refractivity contribution in [1.29, 1.82) is 0 Å². The molecule has 1 aromatic carbocycles. The van der Waals surface area contributed by atoms with E-state index in [9.17, 15) is 9.90 Å². The number of aromatic nitrogens is 1. The minimum absolute atomic E-state index is 0.0623. The fourth-order valence-electron chi connectivity index (χ4n) is 3.17. The van der Waals surface area contributed by atoms with Gasteiger partial charge in [0, 0.05) is 30.0 Å². The third-order valence-corrected chi connectivity index (χ3v) is 4.46. The topological polar surface area (TPSA) is 65.5 Å². The first-order chi connectivity index (χ1) is 10.7. The zero-order valence-corrected chi connectivity index (χ0v) is 12.3. The fourth-order valence-corrected chi connectivity index (χ4v) is 3.17. The summed E-state index contributed by atoms with van der Waals surface area (Å²) in [6, 6.07) is 10.3. The monoisotopic (exact) mass is 297 g/mol. The SMILES string of the molecule is O=C1C[C@@H](Nc2nc3ccccc3cc2CO)CN1C1CC1. The number of rotatable bonds is 4. The lowest BCUT2D eigenvalue weighted by molar-refractivity contribution is -0.128. The minimum Gasteiger partial charge on any atom is -0.392 e. The molecule has 5 nitrogen and oxygen atoms in total. The molecule has 2 N–H and O–H groups in total. The summed E-state index contributed by atoms with van der Waals surface area (Å²) in [7, 11) is 0. The van der Waals surface area contributed by atoms with Crippen LogP contribution in [0.5, 0.6) is 0 Å². The van der Waals surface area contributed by atoms with E-state index >= 15 is 0 Å². The van der Waals surface area contributed by atoms with Crippen molar-refractivity contribution in [3.63, 3.8) is 0 Å². The van der Waals surface area contributed by atoms with Gasteiger partial charge in [-0.05, 0) is 25.0 Å². The van der Waals surface area contributed by atoms with E-state index < -0.39 is 0 Å². The van der Waals surface area contributed by atoms with E-state index in [0.717, 1.165) is 35.9 Å². The van der Waals surface area contributed by atoms with Gasteiger partial charge in [0.1, 0.15) is 5.82 Å². The molecule has 1 aromatic heterocycles. The number of hydrogen-bond acceptors (Lipinski definition) is 4. The molecular weight excluding hydrogens is 278 g/mol. The molecule has 0 bridgehead atoms. The molecule has 2 aromatic rings. The van der Waals surface area contributed by atoms with Gasteiger partial charge in [-0.3, -0.25) is 4.79 Å². The van der Waals surface area contributed by atoms with Crippen LogP contribution in [0.1, 0.15) is 24.8 Å². The Kier molecular flexibility index (Phi) is 3.22.